The van der Waals surface area contributed by atoms with Gasteiger partial charge in [-0.15, -0.1) is 0 Å². The van der Waals surface area contributed by atoms with Crippen molar-refractivity contribution in [3.05, 3.63) is 0 Å². The van der Waals surface area contributed by atoms with Crippen LogP contribution in [0.1, 0.15) is 245 Å². The molecular formula is C56H105N4NaO13PS. The van der Waals surface area contributed by atoms with Gasteiger partial charge in [0.05, 0.1) is 38.5 Å². The average molecular weight is 1130 g/mol. The largest absolute Gasteiger partial charge is 0.472 e. The van der Waals surface area contributed by atoms with E-state index in [1.807, 2.05) is 11.8 Å². The maximum Gasteiger partial charge on any atom is 0.472 e. The number of phosphoric ester groups is 1. The monoisotopic (exact) mass is 1130 g/mol. The molecule has 0 bridgehead atoms. The minimum absolute atomic E-state index is 0. The number of carbonyl (C=O) groups is 5. The summed E-state index contributed by atoms with van der Waals surface area (Å²) in [6.07, 6.45) is 38.0. The number of urea groups is 1. The van der Waals surface area contributed by atoms with Gasteiger partial charge in [0, 0.05) is 72.9 Å². The molecular weight excluding hydrogens is 1020 g/mol. The summed E-state index contributed by atoms with van der Waals surface area (Å²) in [4.78, 5) is 71.8. The Balaban J connectivity index is 0.0000289. The van der Waals surface area contributed by atoms with Crippen molar-refractivity contribution < 1.29 is 61.4 Å². The summed E-state index contributed by atoms with van der Waals surface area (Å²) < 4.78 is 44.4. The van der Waals surface area contributed by atoms with Crippen molar-refractivity contribution in [1.29, 1.82) is 0 Å². The molecule has 2 fully saturated rings. The van der Waals surface area contributed by atoms with Crippen molar-refractivity contribution in [3.8, 4) is 0 Å². The molecule has 4 amide bonds. The first-order chi connectivity index (χ1) is 36.5. The number of alkyl carbamates (subject to hydrolysis) is 1. The van der Waals surface area contributed by atoms with Gasteiger partial charge in [0.25, 0.3) is 0 Å². The normalized spacial score (nSPS) is 16.9. The van der Waals surface area contributed by atoms with Gasteiger partial charge in [-0.05, 0) is 25.7 Å². The molecule has 5 unspecified atom stereocenters. The number of hydrogen-bond donors (Lipinski definition) is 5. The third-order valence-electron chi connectivity index (χ3n) is 13.9. The predicted molar refractivity (Wildman–Crippen MR) is 305 cm³/mol. The van der Waals surface area contributed by atoms with Gasteiger partial charge < -0.3 is 45.1 Å². The molecule has 5 atom stereocenters. The first-order valence-electron chi connectivity index (χ1n) is 29.9. The second-order valence-electron chi connectivity index (χ2n) is 20.7. The van der Waals surface area contributed by atoms with Crippen LogP contribution in [0.3, 0.4) is 0 Å². The van der Waals surface area contributed by atoms with E-state index in [9.17, 15) is 33.4 Å². The third kappa shape index (κ3) is 42.3. The van der Waals surface area contributed by atoms with Crippen LogP contribution in [-0.4, -0.2) is 146 Å². The molecule has 20 heteroatoms. The zero-order valence-corrected chi connectivity index (χ0v) is 51.5. The smallest absolute Gasteiger partial charge is 0.462 e. The van der Waals surface area contributed by atoms with Crippen molar-refractivity contribution in [2.45, 2.75) is 268 Å². The number of unbranched alkanes of at least 4 members (excludes halogenated alkanes) is 29. The molecule has 0 spiro atoms. The molecule has 2 rings (SSSR count). The molecule has 76 heavy (non-hydrogen) atoms. The van der Waals surface area contributed by atoms with E-state index in [4.69, 9.17) is 28.0 Å². The van der Waals surface area contributed by atoms with Crippen molar-refractivity contribution >= 4 is 79.1 Å². The van der Waals surface area contributed by atoms with Crippen molar-refractivity contribution in [2.24, 2.45) is 0 Å². The van der Waals surface area contributed by atoms with Crippen molar-refractivity contribution in [3.63, 3.8) is 0 Å². The van der Waals surface area contributed by atoms with Gasteiger partial charge in [-0.2, -0.15) is 11.8 Å². The fourth-order valence-electron chi connectivity index (χ4n) is 9.40. The molecule has 439 valence electrons. The van der Waals surface area contributed by atoms with Crippen LogP contribution in [0.5, 0.6) is 0 Å². The van der Waals surface area contributed by atoms with E-state index in [-0.39, 0.29) is 106 Å². The quantitative estimate of drug-likeness (QED) is 0.00954. The maximum absolute atomic E-state index is 12.9. The molecule has 0 aromatic heterocycles. The van der Waals surface area contributed by atoms with E-state index < -0.39 is 38.6 Å². The Kier molecular flexibility index (Phi) is 47.9. The fourth-order valence-corrected chi connectivity index (χ4v) is 11.7. The molecule has 0 saturated carbocycles. The number of esters is 2. The molecule has 2 saturated heterocycles. The Morgan fingerprint density at radius 1 is 0.579 bits per heavy atom. The molecule has 1 radical (unpaired) electrons. The van der Waals surface area contributed by atoms with E-state index in [1.165, 1.54) is 141 Å². The molecule has 17 nitrogen and oxygen atoms in total. The van der Waals surface area contributed by atoms with E-state index in [0.29, 0.717) is 31.1 Å². The summed E-state index contributed by atoms with van der Waals surface area (Å²) in [5.74, 6) is -0.0790. The number of fused-ring (bicyclic) bond motifs is 1. The summed E-state index contributed by atoms with van der Waals surface area (Å²) in [6.45, 7) is 3.71. The summed E-state index contributed by atoms with van der Waals surface area (Å²) in [7, 11) is -4.65. The SMILES string of the molecule is CCCCCCCCCCCCCCCCCC(=O)OCC(COP(=O)(O)OCCNC(=O)OCCOCCNC(=O)CCCCC1SCC2NC(=O)NC21)OC(=O)CCCCCCCCCCCCCCCCC.[Na]. The number of amides is 4. The van der Waals surface area contributed by atoms with Gasteiger partial charge in [-0.3, -0.25) is 23.4 Å². The van der Waals surface area contributed by atoms with Gasteiger partial charge in [0.15, 0.2) is 6.10 Å². The first kappa shape index (κ1) is 72.4. The summed E-state index contributed by atoms with van der Waals surface area (Å²) in [5.41, 5.74) is 0. The number of hydrogen-bond acceptors (Lipinski definition) is 13. The van der Waals surface area contributed by atoms with Crippen LogP contribution < -0.4 is 21.3 Å². The van der Waals surface area contributed by atoms with Crippen molar-refractivity contribution in [2.75, 3.05) is 58.5 Å². The van der Waals surface area contributed by atoms with Gasteiger partial charge in [0.1, 0.15) is 13.2 Å². The van der Waals surface area contributed by atoms with Crippen LogP contribution >= 0.6 is 19.6 Å². The van der Waals surface area contributed by atoms with Crippen LogP contribution in [0.2, 0.25) is 0 Å². The molecule has 2 heterocycles. The summed E-state index contributed by atoms with van der Waals surface area (Å²) in [6, 6.07) is 0.262. The zero-order valence-electron chi connectivity index (χ0n) is 47.8. The van der Waals surface area contributed by atoms with E-state index >= 15 is 0 Å². The van der Waals surface area contributed by atoms with Crippen molar-refractivity contribution in [1.82, 2.24) is 21.3 Å². The van der Waals surface area contributed by atoms with Crippen LogP contribution in [0.4, 0.5) is 9.59 Å². The Morgan fingerprint density at radius 3 is 1.61 bits per heavy atom. The molecule has 0 aliphatic carbocycles. The number of carbonyl (C=O) groups excluding carboxylic acids is 5. The first-order valence-corrected chi connectivity index (χ1v) is 32.5. The van der Waals surface area contributed by atoms with Gasteiger partial charge in [-0.25, -0.2) is 14.2 Å². The van der Waals surface area contributed by atoms with Crippen LogP contribution in [0.15, 0.2) is 0 Å². The third-order valence-corrected chi connectivity index (χ3v) is 16.3. The number of rotatable bonds is 53. The van der Waals surface area contributed by atoms with E-state index in [2.05, 4.69) is 35.1 Å². The number of nitrogens with one attached hydrogen (secondary N) is 4. The minimum atomic E-state index is -4.65. The standard InChI is InChI=1S/C56H105N4O13PS.Na/c1-3-5-7-9-11-13-15-17-19-21-23-25-27-29-31-37-52(62)70-45-48(73-53(63)38-32-30-28-26-24-22-20-18-16-14-12-10-8-6-4-2)46-72-74(66,67)71-42-40-58-56(65)69-44-43-68-41-39-57-51(61)36-34-33-35-50-54-49(47-75-50)59-55(64)60-54;/h48-50,54H,3-47H2,1-2H3,(H,57,61)(H,58,65)(H,66,67)(H2,59,60,64);. The molecule has 0 aromatic rings. The number of ether oxygens (including phenoxy) is 4. The average Bonchev–Trinajstić information content (AvgIpc) is 3.95. The second-order valence-corrected chi connectivity index (χ2v) is 23.4. The van der Waals surface area contributed by atoms with Crippen LogP contribution in [0, 0.1) is 0 Å². The molecule has 2 aliphatic heterocycles. The van der Waals surface area contributed by atoms with Crippen LogP contribution in [0.25, 0.3) is 0 Å². The topological polar surface area (TPSA) is 226 Å². The Morgan fingerprint density at radius 2 is 1.07 bits per heavy atom. The Bertz CT molecular complexity index is 1530. The number of phosphoric acid groups is 1. The fraction of sp³-hybridized carbons (Fsp3) is 0.911. The molecule has 0 aromatic carbocycles. The van der Waals surface area contributed by atoms with Crippen LogP contribution in [-0.2, 0) is 46.9 Å². The summed E-state index contributed by atoms with van der Waals surface area (Å²) >= 11 is 1.86. The van der Waals surface area contributed by atoms with Gasteiger partial charge in [0.2, 0.25) is 5.91 Å². The maximum atomic E-state index is 12.9. The Hall–Kier alpha value is -1.63. The summed E-state index contributed by atoms with van der Waals surface area (Å²) in [5, 5.41) is 11.5. The predicted octanol–water partition coefficient (Wildman–Crippen LogP) is 12.3. The van der Waals surface area contributed by atoms with E-state index in [1.54, 1.807) is 0 Å². The zero-order chi connectivity index (χ0) is 54.3. The second kappa shape index (κ2) is 50.3. The van der Waals surface area contributed by atoms with Gasteiger partial charge >= 0.3 is 31.9 Å². The molecule has 5 N–H and O–H groups in total. The molecule has 2 aliphatic rings. The minimum Gasteiger partial charge on any atom is -0.462 e. The van der Waals surface area contributed by atoms with E-state index in [0.717, 1.165) is 63.5 Å². The van der Waals surface area contributed by atoms with Gasteiger partial charge in [-0.1, -0.05) is 200 Å². The number of thioether (sulfide) groups is 1. The Labute approximate surface area is 485 Å².